The molecule has 6 nitrogen and oxygen atoms in total. The molecule has 152 valence electrons. The number of hydrogen-bond acceptors (Lipinski definition) is 5. The molecule has 0 radical (unpaired) electrons. The van der Waals surface area contributed by atoms with E-state index in [-0.39, 0.29) is 28.6 Å². The number of rotatable bonds is 4. The van der Waals surface area contributed by atoms with E-state index in [0.29, 0.717) is 23.0 Å². The molecule has 0 N–H and O–H groups in total. The first kappa shape index (κ1) is 19.9. The van der Waals surface area contributed by atoms with Crippen LogP contribution in [0, 0.1) is 5.82 Å². The number of sulfone groups is 1. The predicted molar refractivity (Wildman–Crippen MR) is 111 cm³/mol. The summed E-state index contributed by atoms with van der Waals surface area (Å²) < 4.78 is 42.5. The van der Waals surface area contributed by atoms with E-state index in [1.807, 2.05) is 4.90 Å². The summed E-state index contributed by atoms with van der Waals surface area (Å²) >= 11 is 1.32. The van der Waals surface area contributed by atoms with Crippen molar-refractivity contribution in [2.45, 2.75) is 17.8 Å². The lowest BCUT2D eigenvalue weighted by atomic mass is 10.1. The number of hydrogen-bond donors (Lipinski definition) is 0. The van der Waals surface area contributed by atoms with Gasteiger partial charge in [-0.25, -0.2) is 12.8 Å². The molecule has 2 fully saturated rings. The molecular weight excluding hydrogens is 415 g/mol. The van der Waals surface area contributed by atoms with Gasteiger partial charge in [-0.15, -0.1) is 0 Å². The average molecular weight is 435 g/mol. The van der Waals surface area contributed by atoms with Crippen LogP contribution in [0.4, 0.5) is 4.39 Å². The Morgan fingerprint density at radius 3 is 2.52 bits per heavy atom. The number of ether oxygens (including phenoxy) is 1. The third-order valence-electron chi connectivity index (χ3n) is 4.98. The first-order chi connectivity index (χ1) is 13.8. The molecule has 0 unspecified atom stereocenters. The van der Waals surface area contributed by atoms with Crippen molar-refractivity contribution in [1.82, 2.24) is 4.90 Å². The number of halogens is 1. The summed E-state index contributed by atoms with van der Waals surface area (Å²) in [5.41, 5.74) is 1.24. The topological polar surface area (TPSA) is 76.0 Å². The Kier molecular flexibility index (Phi) is 5.35. The fraction of sp³-hybridized carbons (Fsp3) is 0.300. The lowest BCUT2D eigenvalue weighted by molar-refractivity contribution is 0.100. The standard InChI is InChI=1S/C20H19FN2O4S2/c1-27-16-8-4-14(5-9-16)19(24)22-20-23(10-13-2-6-15(21)7-3-13)17-11-29(25,26)12-18(17)28-20/h2-9,17-18H,10-12H2,1H3/t17-,18+/m0/s1. The summed E-state index contributed by atoms with van der Waals surface area (Å²) in [4.78, 5) is 18.8. The van der Waals surface area contributed by atoms with E-state index >= 15 is 0 Å². The first-order valence-corrected chi connectivity index (χ1v) is 11.7. The van der Waals surface area contributed by atoms with Crippen LogP contribution in [-0.4, -0.2) is 54.3 Å². The number of amides is 1. The quantitative estimate of drug-likeness (QED) is 0.737. The molecule has 2 heterocycles. The number of fused-ring (bicyclic) bond motifs is 1. The van der Waals surface area contributed by atoms with Gasteiger partial charge in [0.2, 0.25) is 0 Å². The summed E-state index contributed by atoms with van der Waals surface area (Å²) in [7, 11) is -1.58. The van der Waals surface area contributed by atoms with Crippen LogP contribution in [0.1, 0.15) is 15.9 Å². The highest BCUT2D eigenvalue weighted by molar-refractivity contribution is 8.15. The Hall–Kier alpha value is -2.39. The predicted octanol–water partition coefficient (Wildman–Crippen LogP) is 2.75. The summed E-state index contributed by atoms with van der Waals surface area (Å²) in [6, 6.07) is 12.4. The highest BCUT2D eigenvalue weighted by Gasteiger charge is 2.48. The zero-order valence-electron chi connectivity index (χ0n) is 15.6. The second-order valence-electron chi connectivity index (χ2n) is 6.98. The largest absolute Gasteiger partial charge is 0.497 e. The average Bonchev–Trinajstić information content (AvgIpc) is 3.15. The summed E-state index contributed by atoms with van der Waals surface area (Å²) in [6.45, 7) is 0.360. The number of benzene rings is 2. The Balaban J connectivity index is 1.62. The van der Waals surface area contributed by atoms with Crippen LogP contribution >= 0.6 is 11.8 Å². The van der Waals surface area contributed by atoms with Crippen molar-refractivity contribution in [2.24, 2.45) is 4.99 Å². The fourth-order valence-corrected chi connectivity index (χ4v) is 7.44. The highest BCUT2D eigenvalue weighted by atomic mass is 32.2. The van der Waals surface area contributed by atoms with Crippen molar-refractivity contribution < 1.29 is 22.3 Å². The minimum atomic E-state index is -3.13. The summed E-state index contributed by atoms with van der Waals surface area (Å²) in [5, 5.41) is 0.336. The molecule has 29 heavy (non-hydrogen) atoms. The molecule has 1 amide bonds. The fourth-order valence-electron chi connectivity index (χ4n) is 3.49. The van der Waals surface area contributed by atoms with Crippen molar-refractivity contribution in [1.29, 1.82) is 0 Å². The molecule has 2 aromatic rings. The Morgan fingerprint density at radius 2 is 1.86 bits per heavy atom. The molecule has 0 aliphatic carbocycles. The van der Waals surface area contributed by atoms with Crippen LogP contribution in [0.2, 0.25) is 0 Å². The van der Waals surface area contributed by atoms with Gasteiger partial charge in [0.05, 0.1) is 24.7 Å². The minimum absolute atomic E-state index is 0.0294. The van der Waals surface area contributed by atoms with Crippen LogP contribution in [0.15, 0.2) is 53.5 Å². The lowest BCUT2D eigenvalue weighted by Gasteiger charge is -2.24. The van der Waals surface area contributed by atoms with Gasteiger partial charge < -0.3 is 9.64 Å². The van der Waals surface area contributed by atoms with E-state index < -0.39 is 15.7 Å². The molecule has 0 saturated carbocycles. The molecule has 2 saturated heterocycles. The normalized spacial score (nSPS) is 23.9. The maximum atomic E-state index is 13.2. The van der Waals surface area contributed by atoms with E-state index in [4.69, 9.17) is 4.74 Å². The third kappa shape index (κ3) is 4.30. The maximum Gasteiger partial charge on any atom is 0.279 e. The number of methoxy groups -OCH3 is 1. The molecule has 2 aromatic carbocycles. The molecule has 0 aromatic heterocycles. The number of carbonyl (C=O) groups is 1. The number of amidine groups is 1. The van der Waals surface area contributed by atoms with Gasteiger partial charge in [0.15, 0.2) is 15.0 Å². The van der Waals surface area contributed by atoms with Gasteiger partial charge in [0.25, 0.3) is 5.91 Å². The number of aliphatic imine (C=N–C) groups is 1. The van der Waals surface area contributed by atoms with Gasteiger partial charge in [-0.1, -0.05) is 23.9 Å². The minimum Gasteiger partial charge on any atom is -0.497 e. The van der Waals surface area contributed by atoms with E-state index in [1.165, 1.54) is 23.9 Å². The molecule has 0 spiro atoms. The van der Waals surface area contributed by atoms with Crippen LogP contribution in [0.25, 0.3) is 0 Å². The third-order valence-corrected chi connectivity index (χ3v) is 8.22. The number of thioether (sulfide) groups is 1. The summed E-state index contributed by atoms with van der Waals surface area (Å²) in [6.07, 6.45) is 0. The van der Waals surface area contributed by atoms with E-state index in [2.05, 4.69) is 4.99 Å². The Labute approximate surface area is 172 Å². The van der Waals surface area contributed by atoms with Crippen molar-refractivity contribution in [3.05, 3.63) is 65.5 Å². The molecule has 2 atom stereocenters. The van der Waals surface area contributed by atoms with Gasteiger partial charge in [-0.3, -0.25) is 4.79 Å². The zero-order chi connectivity index (χ0) is 20.6. The molecule has 4 rings (SSSR count). The first-order valence-electron chi connectivity index (χ1n) is 9.00. The second-order valence-corrected chi connectivity index (χ2v) is 10.3. The summed E-state index contributed by atoms with van der Waals surface area (Å²) in [5.74, 6) is -0.00164. The number of carbonyl (C=O) groups excluding carboxylic acids is 1. The zero-order valence-corrected chi connectivity index (χ0v) is 17.2. The molecular formula is C20H19FN2O4S2. The van der Waals surface area contributed by atoms with Crippen LogP contribution < -0.4 is 4.74 Å². The van der Waals surface area contributed by atoms with Crippen molar-refractivity contribution in [3.63, 3.8) is 0 Å². The smallest absolute Gasteiger partial charge is 0.279 e. The highest BCUT2D eigenvalue weighted by Crippen LogP contribution is 2.39. The van der Waals surface area contributed by atoms with Gasteiger partial charge in [-0.05, 0) is 42.0 Å². The lowest BCUT2D eigenvalue weighted by Crippen LogP contribution is -2.37. The molecule has 2 aliphatic heterocycles. The van der Waals surface area contributed by atoms with E-state index in [0.717, 1.165) is 5.56 Å². The molecule has 2 aliphatic rings. The maximum absolute atomic E-state index is 13.2. The van der Waals surface area contributed by atoms with Crippen LogP contribution in [-0.2, 0) is 16.4 Å². The molecule has 0 bridgehead atoms. The van der Waals surface area contributed by atoms with Crippen molar-refractivity contribution in [3.8, 4) is 5.75 Å². The van der Waals surface area contributed by atoms with E-state index in [9.17, 15) is 17.6 Å². The Morgan fingerprint density at radius 1 is 1.17 bits per heavy atom. The molecule has 9 heteroatoms. The van der Waals surface area contributed by atoms with Gasteiger partial charge in [0, 0.05) is 17.4 Å². The van der Waals surface area contributed by atoms with Gasteiger partial charge in [-0.2, -0.15) is 4.99 Å². The SMILES string of the molecule is COc1ccc(C(=O)N=C2S[C@@H]3CS(=O)(=O)C[C@@H]3N2Cc2ccc(F)cc2)cc1. The van der Waals surface area contributed by atoms with Crippen LogP contribution in [0.5, 0.6) is 5.75 Å². The second kappa shape index (κ2) is 7.79. The Bertz CT molecular complexity index is 1050. The van der Waals surface area contributed by atoms with Gasteiger partial charge >= 0.3 is 0 Å². The van der Waals surface area contributed by atoms with Gasteiger partial charge in [0.1, 0.15) is 11.6 Å². The van der Waals surface area contributed by atoms with Crippen LogP contribution in [0.3, 0.4) is 0 Å². The number of nitrogens with zero attached hydrogens (tertiary/aromatic N) is 2. The van der Waals surface area contributed by atoms with Crippen molar-refractivity contribution in [2.75, 3.05) is 18.6 Å². The van der Waals surface area contributed by atoms with E-state index in [1.54, 1.807) is 43.5 Å². The van der Waals surface area contributed by atoms with Crippen molar-refractivity contribution >= 4 is 32.7 Å². The monoisotopic (exact) mass is 434 g/mol.